The van der Waals surface area contributed by atoms with Crippen LogP contribution in [0.1, 0.15) is 12.5 Å². The standard InChI is InChI=1S/C14H13ClFN5/c1-2-21-13-11(8-18-21)12(19-14(15)20-13)17-7-9-3-5-10(16)6-4-9/h3-6,8H,2,7H2,1H3,(H,17,19,20). The maximum Gasteiger partial charge on any atom is 0.226 e. The average Bonchev–Trinajstić information content (AvgIpc) is 2.89. The average molecular weight is 306 g/mol. The Hall–Kier alpha value is -2.21. The molecule has 0 aliphatic carbocycles. The van der Waals surface area contributed by atoms with E-state index in [4.69, 9.17) is 11.6 Å². The molecule has 21 heavy (non-hydrogen) atoms. The SMILES string of the molecule is CCn1ncc2c(NCc3ccc(F)cc3)nc(Cl)nc21. The predicted molar refractivity (Wildman–Crippen MR) is 79.7 cm³/mol. The summed E-state index contributed by atoms with van der Waals surface area (Å²) >= 11 is 5.96. The molecule has 5 nitrogen and oxygen atoms in total. The lowest BCUT2D eigenvalue weighted by Crippen LogP contribution is -2.04. The lowest BCUT2D eigenvalue weighted by atomic mass is 10.2. The maximum atomic E-state index is 12.9. The third-order valence-corrected chi connectivity index (χ3v) is 3.31. The van der Waals surface area contributed by atoms with Gasteiger partial charge in [0.15, 0.2) is 5.65 Å². The molecule has 7 heteroatoms. The van der Waals surface area contributed by atoms with Gasteiger partial charge in [0.25, 0.3) is 0 Å². The minimum absolute atomic E-state index is 0.166. The van der Waals surface area contributed by atoms with Crippen LogP contribution in [-0.4, -0.2) is 19.7 Å². The first-order valence-corrected chi connectivity index (χ1v) is 6.92. The quantitative estimate of drug-likeness (QED) is 0.752. The fourth-order valence-corrected chi connectivity index (χ4v) is 2.25. The van der Waals surface area contributed by atoms with Crippen molar-refractivity contribution < 1.29 is 4.39 Å². The van der Waals surface area contributed by atoms with Crippen LogP contribution in [0, 0.1) is 5.82 Å². The van der Waals surface area contributed by atoms with Crippen molar-refractivity contribution in [3.05, 3.63) is 47.1 Å². The number of anilines is 1. The van der Waals surface area contributed by atoms with Crippen molar-refractivity contribution in [1.29, 1.82) is 0 Å². The predicted octanol–water partition coefficient (Wildman–Crippen LogP) is 3.25. The highest BCUT2D eigenvalue weighted by molar-refractivity contribution is 6.28. The number of halogens is 2. The van der Waals surface area contributed by atoms with Crippen molar-refractivity contribution in [1.82, 2.24) is 19.7 Å². The number of benzene rings is 1. The summed E-state index contributed by atoms with van der Waals surface area (Å²) in [6.07, 6.45) is 1.71. The second kappa shape index (κ2) is 5.65. The van der Waals surface area contributed by atoms with Crippen LogP contribution in [0.25, 0.3) is 11.0 Å². The summed E-state index contributed by atoms with van der Waals surface area (Å²) in [6.45, 7) is 3.20. The molecule has 1 N–H and O–H groups in total. The molecule has 0 saturated carbocycles. The molecule has 0 unspecified atom stereocenters. The molecular weight excluding hydrogens is 293 g/mol. The summed E-state index contributed by atoms with van der Waals surface area (Å²) in [5.74, 6) is 0.365. The molecule has 0 radical (unpaired) electrons. The Labute approximate surface area is 125 Å². The number of fused-ring (bicyclic) bond motifs is 1. The molecule has 3 rings (SSSR count). The van der Waals surface area contributed by atoms with Gasteiger partial charge in [-0.2, -0.15) is 15.1 Å². The van der Waals surface area contributed by atoms with Gasteiger partial charge in [0, 0.05) is 13.1 Å². The number of aryl methyl sites for hydroxylation is 1. The van der Waals surface area contributed by atoms with Gasteiger partial charge in [0.05, 0.1) is 11.6 Å². The molecule has 0 aliphatic rings. The number of hydrogen-bond acceptors (Lipinski definition) is 4. The third kappa shape index (κ3) is 2.80. The molecule has 0 fully saturated rings. The molecule has 0 bridgehead atoms. The van der Waals surface area contributed by atoms with E-state index in [0.717, 1.165) is 10.9 Å². The first kappa shape index (κ1) is 13.8. The first-order chi connectivity index (χ1) is 10.2. The van der Waals surface area contributed by atoms with Crippen LogP contribution in [-0.2, 0) is 13.1 Å². The molecule has 2 aromatic heterocycles. The molecule has 0 aliphatic heterocycles. The molecule has 0 spiro atoms. The van der Waals surface area contributed by atoms with Crippen molar-refractivity contribution >= 4 is 28.5 Å². The van der Waals surface area contributed by atoms with Gasteiger partial charge in [-0.05, 0) is 36.2 Å². The monoisotopic (exact) mass is 305 g/mol. The first-order valence-electron chi connectivity index (χ1n) is 6.54. The van der Waals surface area contributed by atoms with Gasteiger partial charge in [-0.3, -0.25) is 0 Å². The van der Waals surface area contributed by atoms with Crippen LogP contribution in [0.4, 0.5) is 10.2 Å². The van der Waals surface area contributed by atoms with Crippen LogP contribution >= 0.6 is 11.6 Å². The van der Waals surface area contributed by atoms with E-state index >= 15 is 0 Å². The van der Waals surface area contributed by atoms with Crippen LogP contribution in [0.15, 0.2) is 30.5 Å². The summed E-state index contributed by atoms with van der Waals surface area (Å²) in [5.41, 5.74) is 1.64. The number of nitrogens with zero attached hydrogens (tertiary/aromatic N) is 4. The zero-order valence-electron chi connectivity index (χ0n) is 11.3. The number of aromatic nitrogens is 4. The fourth-order valence-electron chi connectivity index (χ4n) is 2.08. The van der Waals surface area contributed by atoms with Gasteiger partial charge in [-0.15, -0.1) is 0 Å². The van der Waals surface area contributed by atoms with E-state index in [0.29, 0.717) is 24.6 Å². The Kier molecular flexibility index (Phi) is 3.70. The molecule has 2 heterocycles. The normalized spacial score (nSPS) is 11.0. The van der Waals surface area contributed by atoms with Crippen LogP contribution < -0.4 is 5.32 Å². The van der Waals surface area contributed by atoms with Gasteiger partial charge < -0.3 is 5.32 Å². The maximum absolute atomic E-state index is 12.9. The Balaban J connectivity index is 1.89. The molecule has 108 valence electrons. The summed E-state index contributed by atoms with van der Waals surface area (Å²) in [7, 11) is 0. The summed E-state index contributed by atoms with van der Waals surface area (Å²) in [5, 5.41) is 8.41. The minimum Gasteiger partial charge on any atom is -0.365 e. The van der Waals surface area contributed by atoms with Gasteiger partial charge in [-0.1, -0.05) is 12.1 Å². The van der Waals surface area contributed by atoms with Crippen molar-refractivity contribution in [2.45, 2.75) is 20.0 Å². The van der Waals surface area contributed by atoms with Crippen molar-refractivity contribution in [3.63, 3.8) is 0 Å². The molecule has 0 atom stereocenters. The number of rotatable bonds is 4. The van der Waals surface area contributed by atoms with Crippen LogP contribution in [0.3, 0.4) is 0 Å². The van der Waals surface area contributed by atoms with Crippen molar-refractivity contribution in [3.8, 4) is 0 Å². The molecule has 0 saturated heterocycles. The molecule has 1 aromatic carbocycles. The van der Waals surface area contributed by atoms with E-state index in [-0.39, 0.29) is 11.1 Å². The minimum atomic E-state index is -0.254. The largest absolute Gasteiger partial charge is 0.365 e. The molecular formula is C14H13ClFN5. The van der Waals surface area contributed by atoms with Gasteiger partial charge in [0.1, 0.15) is 11.6 Å². The van der Waals surface area contributed by atoms with E-state index < -0.39 is 0 Å². The second-order valence-corrected chi connectivity index (χ2v) is 4.86. The molecule has 0 amide bonds. The van der Waals surface area contributed by atoms with Crippen LogP contribution in [0.5, 0.6) is 0 Å². The third-order valence-electron chi connectivity index (χ3n) is 3.14. The smallest absolute Gasteiger partial charge is 0.226 e. The van der Waals surface area contributed by atoms with E-state index in [2.05, 4.69) is 20.4 Å². The van der Waals surface area contributed by atoms with Crippen molar-refractivity contribution in [2.75, 3.05) is 5.32 Å². The zero-order valence-corrected chi connectivity index (χ0v) is 12.1. The van der Waals surface area contributed by atoms with Crippen LogP contribution in [0.2, 0.25) is 5.28 Å². The Morgan fingerprint density at radius 3 is 2.71 bits per heavy atom. The van der Waals surface area contributed by atoms with Gasteiger partial charge in [0.2, 0.25) is 5.28 Å². The van der Waals surface area contributed by atoms with E-state index in [1.54, 1.807) is 23.0 Å². The van der Waals surface area contributed by atoms with E-state index in [1.165, 1.54) is 12.1 Å². The van der Waals surface area contributed by atoms with E-state index in [9.17, 15) is 4.39 Å². The summed E-state index contributed by atoms with van der Waals surface area (Å²) in [4.78, 5) is 8.40. The number of hydrogen-bond donors (Lipinski definition) is 1. The number of nitrogens with one attached hydrogen (secondary N) is 1. The lowest BCUT2D eigenvalue weighted by molar-refractivity contribution is 0.627. The molecule has 3 aromatic rings. The lowest BCUT2D eigenvalue weighted by Gasteiger charge is -2.07. The Bertz CT molecular complexity index is 769. The Morgan fingerprint density at radius 1 is 1.24 bits per heavy atom. The highest BCUT2D eigenvalue weighted by Gasteiger charge is 2.11. The highest BCUT2D eigenvalue weighted by atomic mass is 35.5. The van der Waals surface area contributed by atoms with Gasteiger partial charge >= 0.3 is 0 Å². The van der Waals surface area contributed by atoms with E-state index in [1.807, 2.05) is 6.92 Å². The topological polar surface area (TPSA) is 55.6 Å². The summed E-state index contributed by atoms with van der Waals surface area (Å²) < 4.78 is 14.6. The van der Waals surface area contributed by atoms with Crippen molar-refractivity contribution in [2.24, 2.45) is 0 Å². The Morgan fingerprint density at radius 2 is 2.00 bits per heavy atom. The fraction of sp³-hybridized carbons (Fsp3) is 0.214. The highest BCUT2D eigenvalue weighted by Crippen LogP contribution is 2.22. The summed E-state index contributed by atoms with van der Waals surface area (Å²) in [6, 6.07) is 6.29. The second-order valence-electron chi connectivity index (χ2n) is 4.52. The van der Waals surface area contributed by atoms with Gasteiger partial charge in [-0.25, -0.2) is 9.07 Å². The zero-order chi connectivity index (χ0) is 14.8.